The first-order valence-corrected chi connectivity index (χ1v) is 12.7. The van der Waals surface area contributed by atoms with Crippen LogP contribution in [0.15, 0.2) is 41.3 Å². The van der Waals surface area contributed by atoms with E-state index in [0.29, 0.717) is 22.5 Å². The van der Waals surface area contributed by atoms with E-state index in [2.05, 4.69) is 51.9 Å². The SMILES string of the molecule is CN1CCc2c(cc(Nc3ncc(Cl)c(Nc4ccccc4P(C)C)n3)c(=O)n2C)C1. The number of rotatable bonds is 5. The van der Waals surface area contributed by atoms with E-state index in [1.165, 1.54) is 5.30 Å². The van der Waals surface area contributed by atoms with Crippen LogP contribution in [0.1, 0.15) is 11.3 Å². The van der Waals surface area contributed by atoms with Crippen LogP contribution in [0.25, 0.3) is 0 Å². The number of likely N-dealkylation sites (N-methyl/N-ethyl adjacent to an activating group) is 1. The Morgan fingerprint density at radius 3 is 2.68 bits per heavy atom. The molecule has 2 aromatic heterocycles. The molecular weight excluding hydrogens is 431 g/mol. The average molecular weight is 457 g/mol. The molecule has 3 heterocycles. The van der Waals surface area contributed by atoms with Crippen molar-refractivity contribution in [2.24, 2.45) is 7.05 Å². The third-order valence-corrected chi connectivity index (χ3v) is 7.06. The number of pyridine rings is 1. The Bertz CT molecular complexity index is 1180. The Morgan fingerprint density at radius 1 is 1.13 bits per heavy atom. The van der Waals surface area contributed by atoms with E-state index in [9.17, 15) is 4.79 Å². The summed E-state index contributed by atoms with van der Waals surface area (Å²) in [6.07, 6.45) is 2.40. The number of benzene rings is 1. The fraction of sp³-hybridized carbons (Fsp3) is 0.318. The Morgan fingerprint density at radius 2 is 1.90 bits per heavy atom. The molecule has 0 radical (unpaired) electrons. The van der Waals surface area contributed by atoms with Crippen molar-refractivity contribution in [1.82, 2.24) is 19.4 Å². The van der Waals surface area contributed by atoms with Crippen molar-refractivity contribution in [2.45, 2.75) is 13.0 Å². The smallest absolute Gasteiger partial charge is 0.274 e. The third-order valence-electron chi connectivity index (χ3n) is 5.43. The van der Waals surface area contributed by atoms with Gasteiger partial charge in [-0.2, -0.15) is 4.98 Å². The Hall–Kier alpha value is -2.47. The number of anilines is 4. The van der Waals surface area contributed by atoms with Crippen LogP contribution in [0.5, 0.6) is 0 Å². The van der Waals surface area contributed by atoms with E-state index in [-0.39, 0.29) is 13.5 Å². The van der Waals surface area contributed by atoms with Crippen molar-refractivity contribution in [3.8, 4) is 0 Å². The molecule has 0 fully saturated rings. The highest BCUT2D eigenvalue weighted by atomic mass is 35.5. The summed E-state index contributed by atoms with van der Waals surface area (Å²) in [4.78, 5) is 23.9. The van der Waals surface area contributed by atoms with E-state index in [0.717, 1.165) is 36.5 Å². The van der Waals surface area contributed by atoms with E-state index in [1.54, 1.807) is 10.8 Å². The molecule has 1 aliphatic heterocycles. The molecule has 0 saturated carbocycles. The predicted octanol–water partition coefficient (Wildman–Crippen LogP) is 3.67. The maximum absolute atomic E-state index is 12.9. The fourth-order valence-electron chi connectivity index (χ4n) is 3.79. The number of nitrogens with one attached hydrogen (secondary N) is 2. The summed E-state index contributed by atoms with van der Waals surface area (Å²) in [5.74, 6) is 0.818. The Labute approximate surface area is 188 Å². The molecule has 9 heteroatoms. The summed E-state index contributed by atoms with van der Waals surface area (Å²) in [5, 5.41) is 8.08. The molecule has 0 saturated heterocycles. The highest BCUT2D eigenvalue weighted by Gasteiger charge is 2.19. The Kier molecular flexibility index (Phi) is 6.28. The van der Waals surface area contributed by atoms with Gasteiger partial charge in [0.2, 0.25) is 5.95 Å². The lowest BCUT2D eigenvalue weighted by atomic mass is 10.1. The minimum Gasteiger partial charge on any atom is -0.338 e. The van der Waals surface area contributed by atoms with E-state index in [4.69, 9.17) is 11.6 Å². The average Bonchev–Trinajstić information content (AvgIpc) is 2.74. The molecule has 31 heavy (non-hydrogen) atoms. The zero-order valence-electron chi connectivity index (χ0n) is 18.1. The van der Waals surface area contributed by atoms with Crippen molar-refractivity contribution >= 4 is 48.0 Å². The van der Waals surface area contributed by atoms with Crippen LogP contribution < -0.4 is 21.5 Å². The van der Waals surface area contributed by atoms with E-state index in [1.807, 2.05) is 31.3 Å². The molecule has 3 aromatic rings. The fourth-order valence-corrected chi connectivity index (χ4v) is 4.93. The molecule has 0 unspecified atom stereocenters. The molecule has 4 rings (SSSR count). The summed E-state index contributed by atoms with van der Waals surface area (Å²) in [5.41, 5.74) is 3.55. The minimum absolute atomic E-state index is 0.0932. The second kappa shape index (κ2) is 8.95. The zero-order valence-corrected chi connectivity index (χ0v) is 19.8. The van der Waals surface area contributed by atoms with Gasteiger partial charge in [0.05, 0.1) is 6.20 Å². The van der Waals surface area contributed by atoms with Gasteiger partial charge in [0, 0.05) is 37.9 Å². The maximum atomic E-state index is 12.9. The highest BCUT2D eigenvalue weighted by molar-refractivity contribution is 7.64. The highest BCUT2D eigenvalue weighted by Crippen LogP contribution is 2.31. The number of fused-ring (bicyclic) bond motifs is 1. The first-order valence-electron chi connectivity index (χ1n) is 10.1. The molecule has 1 aliphatic rings. The lowest BCUT2D eigenvalue weighted by molar-refractivity contribution is 0.306. The second-order valence-corrected chi connectivity index (χ2v) is 10.6. The molecule has 0 amide bonds. The van der Waals surface area contributed by atoms with Crippen molar-refractivity contribution in [3.63, 3.8) is 0 Å². The van der Waals surface area contributed by atoms with Gasteiger partial charge in [0.15, 0.2) is 5.82 Å². The largest absolute Gasteiger partial charge is 0.338 e. The molecule has 2 N–H and O–H groups in total. The van der Waals surface area contributed by atoms with E-state index >= 15 is 0 Å². The van der Waals surface area contributed by atoms with Crippen molar-refractivity contribution in [2.75, 3.05) is 37.6 Å². The van der Waals surface area contributed by atoms with Gasteiger partial charge in [-0.05, 0) is 43.4 Å². The van der Waals surface area contributed by atoms with Gasteiger partial charge in [-0.25, -0.2) is 4.98 Å². The van der Waals surface area contributed by atoms with Gasteiger partial charge in [0.1, 0.15) is 10.7 Å². The first-order chi connectivity index (χ1) is 14.8. The molecule has 0 bridgehead atoms. The molecular formula is C22H26ClN6OP. The van der Waals surface area contributed by atoms with E-state index < -0.39 is 0 Å². The lowest BCUT2D eigenvalue weighted by Crippen LogP contribution is -2.33. The number of halogens is 1. The van der Waals surface area contributed by atoms with Crippen LogP contribution >= 0.6 is 19.5 Å². The van der Waals surface area contributed by atoms with Gasteiger partial charge >= 0.3 is 0 Å². The molecule has 0 spiro atoms. The van der Waals surface area contributed by atoms with Crippen LogP contribution in [-0.4, -0.2) is 46.4 Å². The first kappa shape index (κ1) is 21.8. The number of nitrogens with zero attached hydrogens (tertiary/aromatic N) is 4. The van der Waals surface area contributed by atoms with Crippen molar-refractivity contribution < 1.29 is 0 Å². The van der Waals surface area contributed by atoms with Gasteiger partial charge in [-0.3, -0.25) is 4.79 Å². The summed E-state index contributed by atoms with van der Waals surface area (Å²) >= 11 is 6.37. The number of hydrogen-bond donors (Lipinski definition) is 2. The summed E-state index contributed by atoms with van der Waals surface area (Å²) in [6.45, 7) is 6.16. The summed E-state index contributed by atoms with van der Waals surface area (Å²) in [6, 6.07) is 10.0. The van der Waals surface area contributed by atoms with Gasteiger partial charge < -0.3 is 20.1 Å². The standard InChI is InChI=1S/C22H26ClN6OP/c1-28-10-9-18-14(13-28)11-17(21(30)29(18)2)26-22-24-12-15(23)20(27-22)25-16-7-5-6-8-19(16)31(3)4/h5-8,11-12H,9-10,13H2,1-4H3,(H2,24,25,26,27). The lowest BCUT2D eigenvalue weighted by Gasteiger charge is -2.27. The van der Waals surface area contributed by atoms with Gasteiger partial charge in [0.25, 0.3) is 5.56 Å². The Balaban J connectivity index is 1.65. The topological polar surface area (TPSA) is 75.1 Å². The minimum atomic E-state index is -0.299. The van der Waals surface area contributed by atoms with Crippen molar-refractivity contribution in [1.29, 1.82) is 0 Å². The normalized spacial score (nSPS) is 13.9. The second-order valence-electron chi connectivity index (χ2n) is 7.93. The monoisotopic (exact) mass is 456 g/mol. The van der Waals surface area contributed by atoms with Gasteiger partial charge in [-0.1, -0.05) is 37.7 Å². The zero-order chi connectivity index (χ0) is 22.1. The van der Waals surface area contributed by atoms with Gasteiger partial charge in [-0.15, -0.1) is 0 Å². The summed E-state index contributed by atoms with van der Waals surface area (Å²) < 4.78 is 1.72. The number of para-hydroxylation sites is 1. The molecule has 0 aliphatic carbocycles. The quantitative estimate of drug-likeness (QED) is 0.571. The number of hydrogen-bond acceptors (Lipinski definition) is 6. The van der Waals surface area contributed by atoms with Crippen LogP contribution in [0.3, 0.4) is 0 Å². The molecule has 1 aromatic carbocycles. The molecule has 162 valence electrons. The van der Waals surface area contributed by atoms with Crippen LogP contribution in [0.4, 0.5) is 23.1 Å². The summed E-state index contributed by atoms with van der Waals surface area (Å²) in [7, 11) is 3.60. The predicted molar refractivity (Wildman–Crippen MR) is 130 cm³/mol. The number of aromatic nitrogens is 3. The molecule has 7 nitrogen and oxygen atoms in total. The van der Waals surface area contributed by atoms with Crippen LogP contribution in [-0.2, 0) is 20.0 Å². The third kappa shape index (κ3) is 4.59. The molecule has 0 atom stereocenters. The maximum Gasteiger partial charge on any atom is 0.274 e. The van der Waals surface area contributed by atoms with Crippen molar-refractivity contribution in [3.05, 3.63) is 63.2 Å². The van der Waals surface area contributed by atoms with Crippen LogP contribution in [0.2, 0.25) is 5.02 Å². The van der Waals surface area contributed by atoms with Crippen LogP contribution in [0, 0.1) is 0 Å².